The number of fused-ring (bicyclic) bond motifs is 1. The molecule has 0 aliphatic carbocycles. The lowest BCUT2D eigenvalue weighted by Crippen LogP contribution is -2.45. The first-order valence-electron chi connectivity index (χ1n) is 10.6. The van der Waals surface area contributed by atoms with Crippen LogP contribution in [0.2, 0.25) is 0 Å². The fourth-order valence-corrected chi connectivity index (χ4v) is 3.94. The average Bonchev–Trinajstić information content (AvgIpc) is 2.75. The first-order chi connectivity index (χ1) is 14.8. The molecule has 3 aromatic rings. The number of aryl methyl sites for hydroxylation is 2. The van der Waals surface area contributed by atoms with Crippen molar-refractivity contribution in [3.8, 4) is 0 Å². The molecule has 0 saturated carbocycles. The molecule has 1 unspecified atom stereocenters. The normalized spacial score (nSPS) is 15.8. The van der Waals surface area contributed by atoms with Gasteiger partial charge in [0.15, 0.2) is 0 Å². The Kier molecular flexibility index (Phi) is 5.87. The molecule has 0 spiro atoms. The van der Waals surface area contributed by atoms with Gasteiger partial charge < -0.3 is 15.1 Å². The summed E-state index contributed by atoms with van der Waals surface area (Å²) in [6.07, 6.45) is 0. The van der Waals surface area contributed by atoms with Crippen LogP contribution in [0.25, 0.3) is 11.0 Å². The number of benzene rings is 2. The van der Waals surface area contributed by atoms with E-state index in [-0.39, 0.29) is 17.8 Å². The third-order valence-corrected chi connectivity index (χ3v) is 5.99. The number of piperazine rings is 1. The third kappa shape index (κ3) is 4.51. The standard InChI is InChI=1S/C24H28FN5O/c1-15-16(2)27-22-13-18(5-7-21(22)26-15)24(31)28-17(3)20-14-19(25)6-8-23(20)30-11-9-29(4)10-12-30/h5-8,13-14,17H,9-12H2,1-4H3,(H,28,31). The van der Waals surface area contributed by atoms with Gasteiger partial charge in [0.25, 0.3) is 5.91 Å². The number of nitrogens with one attached hydrogen (secondary N) is 1. The van der Waals surface area contributed by atoms with Crippen molar-refractivity contribution in [1.82, 2.24) is 20.2 Å². The van der Waals surface area contributed by atoms with Gasteiger partial charge in [-0.25, -0.2) is 14.4 Å². The van der Waals surface area contributed by atoms with Gasteiger partial charge in [0.1, 0.15) is 5.82 Å². The van der Waals surface area contributed by atoms with Crippen LogP contribution in [-0.2, 0) is 0 Å². The number of likely N-dealkylation sites (N-methyl/N-ethyl adjacent to an activating group) is 1. The molecule has 1 N–H and O–H groups in total. The first kappa shape index (κ1) is 21.2. The minimum Gasteiger partial charge on any atom is -0.369 e. The van der Waals surface area contributed by atoms with Crippen LogP contribution in [0, 0.1) is 19.7 Å². The Balaban J connectivity index is 1.57. The molecule has 1 aliphatic heterocycles. The number of rotatable bonds is 4. The van der Waals surface area contributed by atoms with Crippen LogP contribution in [0.3, 0.4) is 0 Å². The summed E-state index contributed by atoms with van der Waals surface area (Å²) < 4.78 is 14.1. The van der Waals surface area contributed by atoms with E-state index in [1.165, 1.54) is 12.1 Å². The van der Waals surface area contributed by atoms with Crippen molar-refractivity contribution in [2.45, 2.75) is 26.8 Å². The molecule has 1 aromatic heterocycles. The smallest absolute Gasteiger partial charge is 0.251 e. The van der Waals surface area contributed by atoms with Gasteiger partial charge in [0, 0.05) is 43.0 Å². The van der Waals surface area contributed by atoms with Crippen molar-refractivity contribution >= 4 is 22.6 Å². The number of halogens is 1. The van der Waals surface area contributed by atoms with Crippen LogP contribution in [-0.4, -0.2) is 54.0 Å². The fourth-order valence-electron chi connectivity index (χ4n) is 3.94. The Morgan fingerprint density at radius 1 is 1.00 bits per heavy atom. The minimum atomic E-state index is -0.348. The highest BCUT2D eigenvalue weighted by Crippen LogP contribution is 2.28. The summed E-state index contributed by atoms with van der Waals surface area (Å²) in [6, 6.07) is 9.79. The molecule has 31 heavy (non-hydrogen) atoms. The van der Waals surface area contributed by atoms with Gasteiger partial charge in [0.2, 0.25) is 0 Å². The molecule has 1 amide bonds. The quantitative estimate of drug-likeness (QED) is 0.697. The molecule has 1 fully saturated rings. The Hall–Kier alpha value is -3.06. The third-order valence-electron chi connectivity index (χ3n) is 5.99. The molecule has 162 valence electrons. The van der Waals surface area contributed by atoms with Gasteiger partial charge in [-0.05, 0) is 64.2 Å². The van der Waals surface area contributed by atoms with Crippen LogP contribution in [0.15, 0.2) is 36.4 Å². The van der Waals surface area contributed by atoms with E-state index in [2.05, 4.69) is 32.1 Å². The van der Waals surface area contributed by atoms with Crippen LogP contribution < -0.4 is 10.2 Å². The van der Waals surface area contributed by atoms with Gasteiger partial charge in [-0.2, -0.15) is 0 Å². The highest BCUT2D eigenvalue weighted by molar-refractivity contribution is 5.97. The monoisotopic (exact) mass is 421 g/mol. The molecule has 4 rings (SSSR count). The lowest BCUT2D eigenvalue weighted by Gasteiger charge is -2.36. The van der Waals surface area contributed by atoms with E-state index in [0.717, 1.165) is 54.3 Å². The van der Waals surface area contributed by atoms with Gasteiger partial charge >= 0.3 is 0 Å². The molecule has 7 heteroatoms. The van der Waals surface area contributed by atoms with Crippen molar-refractivity contribution < 1.29 is 9.18 Å². The maximum atomic E-state index is 14.1. The Morgan fingerprint density at radius 2 is 1.68 bits per heavy atom. The summed E-state index contributed by atoms with van der Waals surface area (Å²) in [5, 5.41) is 3.03. The second kappa shape index (κ2) is 8.59. The predicted molar refractivity (Wildman–Crippen MR) is 121 cm³/mol. The van der Waals surface area contributed by atoms with Crippen LogP contribution >= 0.6 is 0 Å². The van der Waals surface area contributed by atoms with Crippen LogP contribution in [0.5, 0.6) is 0 Å². The summed E-state index contributed by atoms with van der Waals surface area (Å²) in [4.78, 5) is 26.6. The first-order valence-corrected chi connectivity index (χ1v) is 10.6. The number of aromatic nitrogens is 2. The summed E-state index contributed by atoms with van der Waals surface area (Å²) in [5.74, 6) is -0.524. The zero-order valence-electron chi connectivity index (χ0n) is 18.4. The summed E-state index contributed by atoms with van der Waals surface area (Å²) in [7, 11) is 2.10. The molecule has 1 saturated heterocycles. The molecular formula is C24H28FN5O. The maximum Gasteiger partial charge on any atom is 0.251 e. The average molecular weight is 422 g/mol. The number of amides is 1. The number of nitrogens with zero attached hydrogens (tertiary/aromatic N) is 4. The fraction of sp³-hybridized carbons (Fsp3) is 0.375. The predicted octanol–water partition coefficient (Wildman–Crippen LogP) is 3.63. The van der Waals surface area contributed by atoms with Gasteiger partial charge in [-0.1, -0.05) is 0 Å². The zero-order valence-corrected chi connectivity index (χ0v) is 18.4. The van der Waals surface area contributed by atoms with Crippen LogP contribution in [0.1, 0.15) is 40.3 Å². The molecule has 1 atom stereocenters. The summed E-state index contributed by atoms with van der Waals surface area (Å²) in [5.41, 5.74) is 5.43. The summed E-state index contributed by atoms with van der Waals surface area (Å²) in [6.45, 7) is 9.36. The molecule has 2 heterocycles. The maximum absolute atomic E-state index is 14.1. The van der Waals surface area contributed by atoms with E-state index < -0.39 is 0 Å². The lowest BCUT2D eigenvalue weighted by atomic mass is 10.0. The van der Waals surface area contributed by atoms with Gasteiger partial charge in [-0.3, -0.25) is 4.79 Å². The van der Waals surface area contributed by atoms with Crippen molar-refractivity contribution in [1.29, 1.82) is 0 Å². The van der Waals surface area contributed by atoms with Crippen molar-refractivity contribution in [3.63, 3.8) is 0 Å². The number of carbonyl (C=O) groups excluding carboxylic acids is 1. The molecule has 6 nitrogen and oxygen atoms in total. The molecule has 2 aromatic carbocycles. The largest absolute Gasteiger partial charge is 0.369 e. The highest BCUT2D eigenvalue weighted by atomic mass is 19.1. The van der Waals surface area contributed by atoms with E-state index in [1.807, 2.05) is 32.9 Å². The molecular weight excluding hydrogens is 393 g/mol. The van der Waals surface area contributed by atoms with Gasteiger partial charge in [0.05, 0.1) is 28.5 Å². The van der Waals surface area contributed by atoms with Crippen molar-refractivity contribution in [2.24, 2.45) is 0 Å². The minimum absolute atomic E-state index is 0.219. The van der Waals surface area contributed by atoms with E-state index >= 15 is 0 Å². The summed E-state index contributed by atoms with van der Waals surface area (Å²) >= 11 is 0. The van der Waals surface area contributed by atoms with Crippen LogP contribution in [0.4, 0.5) is 10.1 Å². The zero-order chi connectivity index (χ0) is 22.1. The molecule has 1 aliphatic rings. The Morgan fingerprint density at radius 3 is 2.39 bits per heavy atom. The highest BCUT2D eigenvalue weighted by Gasteiger charge is 2.21. The number of hydrogen-bond acceptors (Lipinski definition) is 5. The lowest BCUT2D eigenvalue weighted by molar-refractivity contribution is 0.0940. The SMILES string of the molecule is Cc1nc2ccc(C(=O)NC(C)c3cc(F)ccc3N3CCN(C)CC3)cc2nc1C. The van der Waals surface area contributed by atoms with E-state index in [1.54, 1.807) is 12.1 Å². The number of hydrogen-bond donors (Lipinski definition) is 1. The number of anilines is 1. The molecule has 0 radical (unpaired) electrons. The second-order valence-electron chi connectivity index (χ2n) is 8.29. The van der Waals surface area contributed by atoms with Gasteiger partial charge in [-0.15, -0.1) is 0 Å². The van der Waals surface area contributed by atoms with Crippen molar-refractivity contribution in [3.05, 3.63) is 64.7 Å². The van der Waals surface area contributed by atoms with E-state index in [4.69, 9.17) is 0 Å². The number of carbonyl (C=O) groups is 1. The molecule has 0 bridgehead atoms. The second-order valence-corrected chi connectivity index (χ2v) is 8.29. The topological polar surface area (TPSA) is 61.4 Å². The Bertz CT molecular complexity index is 1120. The Labute approximate surface area is 182 Å². The van der Waals surface area contributed by atoms with E-state index in [0.29, 0.717) is 11.1 Å². The van der Waals surface area contributed by atoms with Crippen molar-refractivity contribution in [2.75, 3.05) is 38.1 Å². The van der Waals surface area contributed by atoms with E-state index in [9.17, 15) is 9.18 Å².